The number of benzene rings is 2. The van der Waals surface area contributed by atoms with Gasteiger partial charge in [-0.2, -0.15) is 0 Å². The molecule has 0 amide bonds. The highest BCUT2D eigenvalue weighted by atomic mass is 32.1. The van der Waals surface area contributed by atoms with Crippen molar-refractivity contribution >= 4 is 51.7 Å². The Kier molecular flexibility index (Phi) is 6.95. The maximum absolute atomic E-state index is 6.72. The van der Waals surface area contributed by atoms with Crippen molar-refractivity contribution in [1.82, 2.24) is 25.1 Å². The maximum Gasteiger partial charge on any atom is 0.494 e. The number of thiophene rings is 1. The normalized spacial score (nSPS) is 18.0. The lowest BCUT2D eigenvalue weighted by molar-refractivity contribution is -0.0152. The van der Waals surface area contributed by atoms with E-state index in [0.717, 1.165) is 72.9 Å². The quantitative estimate of drug-likeness (QED) is 0.217. The van der Waals surface area contributed by atoms with Crippen LogP contribution in [-0.2, 0) is 15.7 Å². The van der Waals surface area contributed by atoms with Gasteiger partial charge in [0, 0.05) is 28.7 Å². The van der Waals surface area contributed by atoms with Gasteiger partial charge in [0.1, 0.15) is 11.4 Å². The summed E-state index contributed by atoms with van der Waals surface area (Å²) in [5.74, 6) is 0.156. The number of nitrogens with two attached hydrogens (primary N) is 1. The molecule has 44 heavy (non-hydrogen) atoms. The Balaban J connectivity index is 1.16. The number of hydrogen-bond donors (Lipinski definition) is 1. The van der Waals surface area contributed by atoms with Gasteiger partial charge >= 0.3 is 7.12 Å². The molecule has 6 aromatic rings. The fourth-order valence-corrected chi connectivity index (χ4v) is 6.80. The second kappa shape index (κ2) is 10.7. The first kappa shape index (κ1) is 28.5. The molecule has 220 valence electrons. The number of aromatic nitrogens is 5. The Labute approximate surface area is 260 Å². The van der Waals surface area contributed by atoms with E-state index in [4.69, 9.17) is 20.0 Å². The Morgan fingerprint density at radius 1 is 0.864 bits per heavy atom. The predicted octanol–water partition coefficient (Wildman–Crippen LogP) is 6.47. The molecule has 2 aromatic carbocycles. The highest BCUT2D eigenvalue weighted by molar-refractivity contribution is 7.13. The highest BCUT2D eigenvalue weighted by Crippen LogP contribution is 2.41. The molecule has 0 radical (unpaired) electrons. The second-order valence-electron chi connectivity index (χ2n) is 12.3. The molecule has 0 aliphatic carbocycles. The number of hydrogen-bond acceptors (Lipinski definition) is 9. The van der Waals surface area contributed by atoms with Gasteiger partial charge in [-0.1, -0.05) is 24.3 Å². The monoisotopic (exact) mass is 600 g/mol. The largest absolute Gasteiger partial charge is 0.494 e. The molecule has 1 unspecified atom stereocenters. The van der Waals surface area contributed by atoms with E-state index in [1.165, 1.54) is 0 Å². The van der Waals surface area contributed by atoms with Gasteiger partial charge in [-0.25, -0.2) is 4.98 Å². The first-order chi connectivity index (χ1) is 21.1. The van der Waals surface area contributed by atoms with Gasteiger partial charge in [-0.05, 0) is 105 Å². The minimum atomic E-state index is -0.511. The van der Waals surface area contributed by atoms with Crippen LogP contribution in [0.15, 0.2) is 72.4 Å². The third kappa shape index (κ3) is 5.02. The summed E-state index contributed by atoms with van der Waals surface area (Å²) >= 11 is 1.60. The second-order valence-corrected chi connectivity index (χ2v) is 13.2. The summed E-state index contributed by atoms with van der Waals surface area (Å²) < 4.78 is 13.3. The van der Waals surface area contributed by atoms with Crippen LogP contribution >= 0.6 is 11.3 Å². The minimum absolute atomic E-state index is 0.156. The fourth-order valence-electron chi connectivity index (χ4n) is 6.08. The van der Waals surface area contributed by atoms with Gasteiger partial charge < -0.3 is 15.0 Å². The van der Waals surface area contributed by atoms with Crippen LogP contribution in [0.4, 0.5) is 5.95 Å². The zero-order chi connectivity index (χ0) is 30.6. The van der Waals surface area contributed by atoms with Gasteiger partial charge in [0.15, 0.2) is 0 Å². The van der Waals surface area contributed by atoms with E-state index in [9.17, 15) is 0 Å². The summed E-state index contributed by atoms with van der Waals surface area (Å²) in [6.45, 7) is 10.5. The number of aryl methyl sites for hydroxylation is 3. The van der Waals surface area contributed by atoms with Crippen molar-refractivity contribution in [3.05, 3.63) is 89.1 Å². The van der Waals surface area contributed by atoms with Crippen LogP contribution in [0.5, 0.6) is 0 Å². The van der Waals surface area contributed by atoms with Crippen LogP contribution in [0, 0.1) is 13.8 Å². The Morgan fingerprint density at radius 2 is 1.68 bits per heavy atom. The number of rotatable bonds is 6. The van der Waals surface area contributed by atoms with Gasteiger partial charge in [0.05, 0.1) is 27.1 Å². The molecule has 0 spiro atoms. The highest BCUT2D eigenvalue weighted by Gasteiger charge is 2.54. The van der Waals surface area contributed by atoms with Gasteiger partial charge in [0.2, 0.25) is 5.95 Å². The Morgan fingerprint density at radius 3 is 2.50 bits per heavy atom. The van der Waals surface area contributed by atoms with Crippen molar-refractivity contribution in [1.29, 1.82) is 0 Å². The van der Waals surface area contributed by atoms with Crippen molar-refractivity contribution < 1.29 is 9.31 Å². The number of pyridine rings is 2. The van der Waals surface area contributed by atoms with E-state index >= 15 is 0 Å². The van der Waals surface area contributed by atoms with Crippen LogP contribution < -0.4 is 11.2 Å². The third-order valence-corrected chi connectivity index (χ3v) is 9.76. The summed E-state index contributed by atoms with van der Waals surface area (Å²) in [6, 6.07) is 18.7. The van der Waals surface area contributed by atoms with Crippen molar-refractivity contribution in [2.45, 2.75) is 58.7 Å². The number of nitrogens with zero attached hydrogens (tertiary/aromatic N) is 5. The Hall–Kier alpha value is -4.25. The van der Waals surface area contributed by atoms with Crippen molar-refractivity contribution in [3.63, 3.8) is 0 Å². The minimum Gasteiger partial charge on any atom is -0.399 e. The van der Waals surface area contributed by atoms with E-state index in [2.05, 4.69) is 91.2 Å². The van der Waals surface area contributed by atoms with Crippen LogP contribution in [0.1, 0.15) is 43.9 Å². The zero-order valence-corrected chi connectivity index (χ0v) is 26.3. The number of nitrogen functional groups attached to an aromatic ring is 1. The molecule has 1 aliphatic rings. The van der Waals surface area contributed by atoms with Gasteiger partial charge in [-0.15, -0.1) is 21.5 Å². The van der Waals surface area contributed by atoms with Crippen LogP contribution in [0.25, 0.3) is 43.6 Å². The lowest BCUT2D eigenvalue weighted by Crippen LogP contribution is -2.45. The topological polar surface area (TPSA) is 109 Å². The first-order valence-corrected chi connectivity index (χ1v) is 15.6. The molecule has 0 bridgehead atoms. The molecule has 4 aromatic heterocycles. The molecule has 5 heterocycles. The predicted molar refractivity (Wildman–Crippen MR) is 178 cm³/mol. The molecule has 0 saturated carbocycles. The molecular formula is C34H33BN6O2S. The average Bonchev–Trinajstić information content (AvgIpc) is 3.62. The molecule has 2 N–H and O–H groups in total. The molecule has 1 saturated heterocycles. The molecule has 7 rings (SSSR count). The van der Waals surface area contributed by atoms with Crippen LogP contribution in [-0.4, -0.2) is 43.5 Å². The van der Waals surface area contributed by atoms with Gasteiger partial charge in [-0.3, -0.25) is 9.97 Å². The molecule has 1 aliphatic heterocycles. The molecule has 1 atom stereocenters. The van der Waals surface area contributed by atoms with Crippen molar-refractivity contribution in [3.8, 4) is 21.8 Å². The molecule has 10 heteroatoms. The summed E-state index contributed by atoms with van der Waals surface area (Å²) in [5, 5.41) is 12.7. The first-order valence-electron chi connectivity index (χ1n) is 14.7. The van der Waals surface area contributed by atoms with E-state index in [1.54, 1.807) is 11.3 Å². The van der Waals surface area contributed by atoms with Crippen molar-refractivity contribution in [2.24, 2.45) is 0 Å². The lowest BCUT2D eigenvalue weighted by atomic mass is 9.77. The molecule has 8 nitrogen and oxygen atoms in total. The van der Waals surface area contributed by atoms with Crippen LogP contribution in [0.2, 0.25) is 0 Å². The average molecular weight is 601 g/mol. The Bertz CT molecular complexity index is 2030. The van der Waals surface area contributed by atoms with Crippen LogP contribution in [0.3, 0.4) is 0 Å². The smallest absolute Gasteiger partial charge is 0.399 e. The molecule has 1 fully saturated rings. The van der Waals surface area contributed by atoms with Crippen molar-refractivity contribution in [2.75, 3.05) is 5.73 Å². The van der Waals surface area contributed by atoms with Gasteiger partial charge in [0.25, 0.3) is 0 Å². The lowest BCUT2D eigenvalue weighted by Gasteiger charge is -2.36. The summed E-state index contributed by atoms with van der Waals surface area (Å²) in [6.07, 6.45) is 5.35. The molecular weight excluding hydrogens is 567 g/mol. The van der Waals surface area contributed by atoms with E-state index in [-0.39, 0.29) is 5.95 Å². The fraction of sp³-hybridized carbons (Fsp3) is 0.265. The third-order valence-electron chi connectivity index (χ3n) is 8.88. The summed E-state index contributed by atoms with van der Waals surface area (Å²) in [5.41, 5.74) is 13.6. The zero-order valence-electron chi connectivity index (χ0n) is 25.5. The number of fused-ring (bicyclic) bond motifs is 2. The number of anilines is 1. The standard InChI is InChI=1S/C34H33BN6O2S/c1-20-14-24(30-31(27-9-7-13-44-27)39-32(36)41-40-30)17-25-16-22(19-38-29(20)25)10-11-34(5)33(3,4)42-35(43-34)26-15-21(2)28-23(18-26)8-6-12-37-28/h6-9,12-19H,10-11H2,1-5H3,(H2,36,39,41). The van der Waals surface area contributed by atoms with E-state index < -0.39 is 18.3 Å². The SMILES string of the molecule is Cc1cc(B2OC(C)(C)C(C)(CCc3cnc4c(C)cc(-c5nnc(N)nc5-c5cccs5)cc4c3)O2)cc2cccnc12. The summed E-state index contributed by atoms with van der Waals surface area (Å²) in [4.78, 5) is 14.9. The maximum atomic E-state index is 6.72. The van der Waals surface area contributed by atoms with E-state index in [0.29, 0.717) is 5.69 Å². The summed E-state index contributed by atoms with van der Waals surface area (Å²) in [7, 11) is -0.453. The van der Waals surface area contributed by atoms with E-state index in [1.807, 2.05) is 36.0 Å².